The van der Waals surface area contributed by atoms with Crippen LogP contribution in [0.3, 0.4) is 0 Å². The number of nitrogens with zero attached hydrogens (tertiary/aromatic N) is 2. The zero-order chi connectivity index (χ0) is 25.3. The molecule has 8 nitrogen and oxygen atoms in total. The third-order valence-electron chi connectivity index (χ3n) is 4.89. The van der Waals surface area contributed by atoms with Gasteiger partial charge < -0.3 is 14.8 Å². The van der Waals surface area contributed by atoms with Crippen molar-refractivity contribution in [3.63, 3.8) is 0 Å². The van der Waals surface area contributed by atoms with E-state index in [0.717, 1.165) is 10.0 Å². The highest BCUT2D eigenvalue weighted by atomic mass is 79.9. The molecule has 2 aromatic rings. The predicted molar refractivity (Wildman–Crippen MR) is 132 cm³/mol. The van der Waals surface area contributed by atoms with Gasteiger partial charge in [-0.2, -0.15) is 0 Å². The first-order valence-corrected chi connectivity index (χ1v) is 11.8. The van der Waals surface area contributed by atoms with Gasteiger partial charge in [-0.15, -0.1) is 0 Å². The fraction of sp³-hybridized carbons (Fsp3) is 0.440. The van der Waals surface area contributed by atoms with Crippen molar-refractivity contribution in [1.29, 1.82) is 0 Å². The van der Waals surface area contributed by atoms with Crippen molar-refractivity contribution in [3.05, 3.63) is 57.7 Å². The highest BCUT2D eigenvalue weighted by Gasteiger charge is 2.39. The third kappa shape index (κ3) is 6.34. The van der Waals surface area contributed by atoms with E-state index in [-0.39, 0.29) is 11.4 Å². The van der Waals surface area contributed by atoms with Crippen molar-refractivity contribution < 1.29 is 23.9 Å². The lowest BCUT2D eigenvalue weighted by Gasteiger charge is -2.37. The number of aromatic nitrogens is 1. The standard InChI is InChI=1S/C25H30BrN3O5/c1-24(2,3)33-22(31)15-10-11-19(27-14-15)28-21(30)20-17-8-7-9-18(26)16(17)12-13-29(20)23(32)34-25(4,5)6/h7-11,14,20H,12-13H2,1-6H3,(H,27,28,30). The summed E-state index contributed by atoms with van der Waals surface area (Å²) in [5.74, 6) is -0.675. The van der Waals surface area contributed by atoms with E-state index < -0.39 is 35.2 Å². The molecule has 1 unspecified atom stereocenters. The monoisotopic (exact) mass is 531 g/mol. The minimum Gasteiger partial charge on any atom is -0.456 e. The first-order chi connectivity index (χ1) is 15.7. The number of esters is 1. The molecular weight excluding hydrogens is 502 g/mol. The lowest BCUT2D eigenvalue weighted by atomic mass is 9.92. The summed E-state index contributed by atoms with van der Waals surface area (Å²) in [4.78, 5) is 44.2. The highest BCUT2D eigenvalue weighted by Crippen LogP contribution is 2.35. The molecule has 1 N–H and O–H groups in total. The van der Waals surface area contributed by atoms with Crippen LogP contribution in [0.1, 0.15) is 69.1 Å². The maximum absolute atomic E-state index is 13.4. The van der Waals surface area contributed by atoms with Crippen molar-refractivity contribution in [1.82, 2.24) is 9.88 Å². The lowest BCUT2D eigenvalue weighted by molar-refractivity contribution is -0.122. The maximum Gasteiger partial charge on any atom is 0.411 e. The zero-order valence-electron chi connectivity index (χ0n) is 20.3. The molecule has 182 valence electrons. The number of fused-ring (bicyclic) bond motifs is 1. The maximum atomic E-state index is 13.4. The minimum atomic E-state index is -0.900. The Morgan fingerprint density at radius 1 is 1.03 bits per heavy atom. The Hall–Kier alpha value is -2.94. The average molecular weight is 532 g/mol. The van der Waals surface area contributed by atoms with Gasteiger partial charge in [-0.25, -0.2) is 14.6 Å². The number of carbonyl (C=O) groups excluding carboxylic acids is 3. The summed E-state index contributed by atoms with van der Waals surface area (Å²) in [5, 5.41) is 2.77. The van der Waals surface area contributed by atoms with Crippen LogP contribution < -0.4 is 5.32 Å². The van der Waals surface area contributed by atoms with Crippen molar-refractivity contribution in [3.8, 4) is 0 Å². The predicted octanol–water partition coefficient (Wildman–Crippen LogP) is 5.27. The van der Waals surface area contributed by atoms with Gasteiger partial charge in [-0.1, -0.05) is 28.1 Å². The fourth-order valence-corrected chi connectivity index (χ4v) is 4.12. The first kappa shape index (κ1) is 25.7. The number of ether oxygens (including phenoxy) is 2. The van der Waals surface area contributed by atoms with Crippen LogP contribution in [0.15, 0.2) is 41.0 Å². The molecule has 34 heavy (non-hydrogen) atoms. The molecule has 2 amide bonds. The molecule has 0 spiro atoms. The second kappa shape index (κ2) is 9.74. The summed E-state index contributed by atoms with van der Waals surface area (Å²) in [5.41, 5.74) is 0.632. The molecule has 1 aromatic carbocycles. The molecule has 0 saturated carbocycles. The van der Waals surface area contributed by atoms with Crippen LogP contribution in [0.5, 0.6) is 0 Å². The van der Waals surface area contributed by atoms with Crippen molar-refractivity contribution >= 4 is 39.7 Å². The minimum absolute atomic E-state index is 0.253. The summed E-state index contributed by atoms with van der Waals surface area (Å²) < 4.78 is 11.8. The summed E-state index contributed by atoms with van der Waals surface area (Å²) in [7, 11) is 0. The van der Waals surface area contributed by atoms with E-state index in [4.69, 9.17) is 9.47 Å². The summed E-state index contributed by atoms with van der Waals surface area (Å²) in [6, 6.07) is 7.74. The molecule has 1 aliphatic heterocycles. The number of halogens is 1. The number of hydrogen-bond acceptors (Lipinski definition) is 6. The Kier molecular flexibility index (Phi) is 7.35. The van der Waals surface area contributed by atoms with Gasteiger partial charge in [0.2, 0.25) is 0 Å². The number of anilines is 1. The van der Waals surface area contributed by atoms with Gasteiger partial charge in [0.15, 0.2) is 0 Å². The van der Waals surface area contributed by atoms with Crippen LogP contribution in [-0.4, -0.2) is 45.6 Å². The van der Waals surface area contributed by atoms with Gasteiger partial charge in [-0.3, -0.25) is 9.69 Å². The SMILES string of the molecule is CC(C)(C)OC(=O)c1ccc(NC(=O)C2c3cccc(Br)c3CCN2C(=O)OC(C)(C)C)nc1. The van der Waals surface area contributed by atoms with E-state index in [1.54, 1.807) is 41.5 Å². The van der Waals surface area contributed by atoms with Gasteiger partial charge in [0.1, 0.15) is 23.1 Å². The van der Waals surface area contributed by atoms with E-state index >= 15 is 0 Å². The molecule has 0 saturated heterocycles. The number of carbonyl (C=O) groups is 3. The summed E-state index contributed by atoms with van der Waals surface area (Å²) in [6.45, 7) is 11.0. The Balaban J connectivity index is 1.85. The Morgan fingerprint density at radius 3 is 2.29 bits per heavy atom. The van der Waals surface area contributed by atoms with E-state index in [1.165, 1.54) is 23.2 Å². The van der Waals surface area contributed by atoms with Crippen LogP contribution >= 0.6 is 15.9 Å². The molecule has 9 heteroatoms. The Morgan fingerprint density at radius 2 is 1.71 bits per heavy atom. The van der Waals surface area contributed by atoms with E-state index in [1.807, 2.05) is 18.2 Å². The van der Waals surface area contributed by atoms with Gasteiger partial charge in [0.05, 0.1) is 5.56 Å². The molecular formula is C25H30BrN3O5. The second-order valence-electron chi connectivity index (χ2n) is 10.1. The topological polar surface area (TPSA) is 97.8 Å². The van der Waals surface area contributed by atoms with Crippen LogP contribution in [-0.2, 0) is 20.7 Å². The quantitative estimate of drug-likeness (QED) is 0.541. The number of rotatable bonds is 3. The molecule has 0 bridgehead atoms. The van der Waals surface area contributed by atoms with Crippen molar-refractivity contribution in [2.24, 2.45) is 0 Å². The smallest absolute Gasteiger partial charge is 0.411 e. The summed E-state index contributed by atoms with van der Waals surface area (Å²) >= 11 is 3.55. The van der Waals surface area contributed by atoms with Crippen molar-refractivity contribution in [2.45, 2.75) is 65.2 Å². The fourth-order valence-electron chi connectivity index (χ4n) is 3.54. The summed E-state index contributed by atoms with van der Waals surface area (Å²) in [6.07, 6.45) is 1.37. The average Bonchev–Trinajstić information content (AvgIpc) is 2.71. The third-order valence-corrected chi connectivity index (χ3v) is 5.63. The van der Waals surface area contributed by atoms with Gasteiger partial charge in [0, 0.05) is 17.2 Å². The van der Waals surface area contributed by atoms with Crippen LogP contribution in [0.4, 0.5) is 10.6 Å². The Labute approximate surface area is 208 Å². The van der Waals surface area contributed by atoms with Crippen LogP contribution in [0.25, 0.3) is 0 Å². The zero-order valence-corrected chi connectivity index (χ0v) is 21.9. The van der Waals surface area contributed by atoms with E-state index in [9.17, 15) is 14.4 Å². The Bertz CT molecular complexity index is 1090. The lowest BCUT2D eigenvalue weighted by Crippen LogP contribution is -2.47. The number of nitrogens with one attached hydrogen (secondary N) is 1. The normalized spacial score (nSPS) is 15.9. The van der Waals surface area contributed by atoms with E-state index in [0.29, 0.717) is 18.5 Å². The highest BCUT2D eigenvalue weighted by molar-refractivity contribution is 9.10. The number of pyridine rings is 1. The first-order valence-electron chi connectivity index (χ1n) is 11.0. The molecule has 2 heterocycles. The van der Waals surface area contributed by atoms with E-state index in [2.05, 4.69) is 26.2 Å². The number of hydrogen-bond donors (Lipinski definition) is 1. The molecule has 1 aromatic heterocycles. The second-order valence-corrected chi connectivity index (χ2v) is 10.9. The molecule has 0 radical (unpaired) electrons. The molecule has 1 atom stereocenters. The molecule has 0 aliphatic carbocycles. The van der Waals surface area contributed by atoms with Crippen LogP contribution in [0.2, 0.25) is 0 Å². The molecule has 3 rings (SSSR count). The van der Waals surface area contributed by atoms with Gasteiger partial charge in [-0.05, 0) is 77.3 Å². The van der Waals surface area contributed by atoms with Crippen molar-refractivity contribution in [2.75, 3.05) is 11.9 Å². The van der Waals surface area contributed by atoms with Gasteiger partial charge >= 0.3 is 12.1 Å². The largest absolute Gasteiger partial charge is 0.456 e. The van der Waals surface area contributed by atoms with Gasteiger partial charge in [0.25, 0.3) is 5.91 Å². The molecule has 0 fully saturated rings. The van der Waals surface area contributed by atoms with Crippen LogP contribution in [0, 0.1) is 0 Å². The number of amides is 2. The molecule has 1 aliphatic rings. The number of benzene rings is 1.